The Morgan fingerprint density at radius 2 is 2.29 bits per heavy atom. The molecule has 2 aromatic rings. The molecule has 0 aromatic carbocycles. The van der Waals surface area contributed by atoms with E-state index in [0.717, 1.165) is 24.8 Å². The summed E-state index contributed by atoms with van der Waals surface area (Å²) in [5.41, 5.74) is 1.12. The maximum atomic E-state index is 12.6. The SMILES string of the molecule is Cc1sc(CO)cc1S(=O)(=O)NC1CCCc2sccc21. The van der Waals surface area contributed by atoms with Crippen molar-refractivity contribution in [2.75, 3.05) is 0 Å². The first-order valence-electron chi connectivity index (χ1n) is 6.80. The predicted molar refractivity (Wildman–Crippen MR) is 85.3 cm³/mol. The van der Waals surface area contributed by atoms with Gasteiger partial charge in [0.2, 0.25) is 10.0 Å². The van der Waals surface area contributed by atoms with Crippen LogP contribution in [0.5, 0.6) is 0 Å². The van der Waals surface area contributed by atoms with Crippen molar-refractivity contribution in [1.29, 1.82) is 0 Å². The molecule has 3 rings (SSSR count). The van der Waals surface area contributed by atoms with Crippen molar-refractivity contribution in [3.63, 3.8) is 0 Å². The molecule has 21 heavy (non-hydrogen) atoms. The second-order valence-electron chi connectivity index (χ2n) is 5.16. The smallest absolute Gasteiger partial charge is 0.242 e. The summed E-state index contributed by atoms with van der Waals surface area (Å²) in [5, 5.41) is 11.2. The van der Waals surface area contributed by atoms with Gasteiger partial charge in [-0.3, -0.25) is 0 Å². The molecule has 2 aromatic heterocycles. The fourth-order valence-corrected chi connectivity index (χ4v) is 6.46. The second kappa shape index (κ2) is 5.81. The predicted octanol–water partition coefficient (Wildman–Crippen LogP) is 2.97. The Morgan fingerprint density at radius 3 is 3.00 bits per heavy atom. The van der Waals surface area contributed by atoms with Crippen LogP contribution in [0.15, 0.2) is 22.4 Å². The average molecular weight is 343 g/mol. The lowest BCUT2D eigenvalue weighted by Crippen LogP contribution is -2.30. The molecule has 0 saturated heterocycles. The van der Waals surface area contributed by atoms with Crippen LogP contribution in [0.1, 0.15) is 39.1 Å². The number of aryl methyl sites for hydroxylation is 2. The van der Waals surface area contributed by atoms with Gasteiger partial charge in [-0.2, -0.15) is 0 Å². The fourth-order valence-electron chi connectivity index (χ4n) is 2.73. The molecular weight excluding hydrogens is 326 g/mol. The molecule has 0 aliphatic heterocycles. The molecule has 2 heterocycles. The maximum Gasteiger partial charge on any atom is 0.242 e. The summed E-state index contributed by atoms with van der Waals surface area (Å²) in [4.78, 5) is 2.96. The van der Waals surface area contributed by atoms with Gasteiger partial charge < -0.3 is 5.11 Å². The van der Waals surface area contributed by atoms with Crippen molar-refractivity contribution in [2.45, 2.75) is 43.7 Å². The molecule has 0 fully saturated rings. The number of hydrogen-bond donors (Lipinski definition) is 2. The van der Waals surface area contributed by atoms with Gasteiger partial charge in [0, 0.05) is 20.7 Å². The molecular formula is C14H17NO3S3. The van der Waals surface area contributed by atoms with Gasteiger partial charge in [-0.15, -0.1) is 22.7 Å². The van der Waals surface area contributed by atoms with Crippen LogP contribution in [-0.2, 0) is 23.1 Å². The van der Waals surface area contributed by atoms with Gasteiger partial charge >= 0.3 is 0 Å². The number of rotatable bonds is 4. The monoisotopic (exact) mass is 343 g/mol. The minimum absolute atomic E-state index is 0.126. The minimum Gasteiger partial charge on any atom is -0.391 e. The van der Waals surface area contributed by atoms with E-state index >= 15 is 0 Å². The van der Waals surface area contributed by atoms with Crippen molar-refractivity contribution >= 4 is 32.7 Å². The Kier molecular flexibility index (Phi) is 4.20. The zero-order chi connectivity index (χ0) is 15.0. The number of aliphatic hydroxyl groups is 1. The van der Waals surface area contributed by atoms with Crippen LogP contribution in [0.4, 0.5) is 0 Å². The van der Waals surface area contributed by atoms with Crippen LogP contribution >= 0.6 is 22.7 Å². The van der Waals surface area contributed by atoms with Gasteiger partial charge in [0.25, 0.3) is 0 Å². The summed E-state index contributed by atoms with van der Waals surface area (Å²) in [6, 6.07) is 3.45. The summed E-state index contributed by atoms with van der Waals surface area (Å²) in [6.45, 7) is 1.65. The standard InChI is InChI=1S/C14H17NO3S3/c1-9-14(7-10(8-16)20-9)21(17,18)15-12-3-2-4-13-11(12)5-6-19-13/h5-7,12,15-16H,2-4,8H2,1H3. The van der Waals surface area contributed by atoms with Gasteiger partial charge in [0.05, 0.1) is 11.5 Å². The molecule has 1 unspecified atom stereocenters. The third kappa shape index (κ3) is 2.93. The lowest BCUT2D eigenvalue weighted by Gasteiger charge is -2.23. The molecule has 1 aliphatic rings. The highest BCUT2D eigenvalue weighted by molar-refractivity contribution is 7.89. The Hall–Kier alpha value is -0.730. The van der Waals surface area contributed by atoms with Crippen molar-refractivity contribution in [3.8, 4) is 0 Å². The summed E-state index contributed by atoms with van der Waals surface area (Å²) < 4.78 is 28.0. The van der Waals surface area contributed by atoms with Crippen molar-refractivity contribution < 1.29 is 13.5 Å². The average Bonchev–Trinajstić information content (AvgIpc) is 3.05. The van der Waals surface area contributed by atoms with E-state index in [1.807, 2.05) is 11.4 Å². The molecule has 1 atom stereocenters. The largest absolute Gasteiger partial charge is 0.391 e. The van der Waals surface area contributed by atoms with Crippen molar-refractivity contribution in [3.05, 3.63) is 37.7 Å². The maximum absolute atomic E-state index is 12.6. The van der Waals surface area contributed by atoms with Crippen LogP contribution < -0.4 is 4.72 Å². The quantitative estimate of drug-likeness (QED) is 0.897. The number of fused-ring (bicyclic) bond motifs is 1. The highest BCUT2D eigenvalue weighted by Crippen LogP contribution is 2.35. The van der Waals surface area contributed by atoms with E-state index < -0.39 is 10.0 Å². The molecule has 0 saturated carbocycles. The zero-order valence-electron chi connectivity index (χ0n) is 11.6. The number of aliphatic hydroxyl groups excluding tert-OH is 1. The first-order chi connectivity index (χ1) is 10.0. The number of thiophene rings is 2. The summed E-state index contributed by atoms with van der Waals surface area (Å²) in [7, 11) is -3.55. The Morgan fingerprint density at radius 1 is 1.48 bits per heavy atom. The third-order valence-corrected chi connectivity index (χ3v) is 7.48. The summed E-state index contributed by atoms with van der Waals surface area (Å²) >= 11 is 3.02. The van der Waals surface area contributed by atoms with Crippen LogP contribution in [0.25, 0.3) is 0 Å². The van der Waals surface area contributed by atoms with Crippen LogP contribution in [0.2, 0.25) is 0 Å². The number of hydrogen-bond acceptors (Lipinski definition) is 5. The number of nitrogens with one attached hydrogen (secondary N) is 1. The van der Waals surface area contributed by atoms with Gasteiger partial charge in [-0.1, -0.05) is 0 Å². The Labute approximate surface area is 132 Å². The molecule has 2 N–H and O–H groups in total. The van der Waals surface area contributed by atoms with E-state index in [1.54, 1.807) is 24.3 Å². The van der Waals surface area contributed by atoms with E-state index in [4.69, 9.17) is 5.11 Å². The second-order valence-corrected chi connectivity index (χ2v) is 9.18. The molecule has 7 heteroatoms. The molecule has 114 valence electrons. The van der Waals surface area contributed by atoms with Crippen LogP contribution in [0.3, 0.4) is 0 Å². The van der Waals surface area contributed by atoms with E-state index in [-0.39, 0.29) is 12.6 Å². The Balaban J connectivity index is 1.89. The van der Waals surface area contributed by atoms with Crippen molar-refractivity contribution in [1.82, 2.24) is 4.72 Å². The van der Waals surface area contributed by atoms with Crippen LogP contribution in [-0.4, -0.2) is 13.5 Å². The minimum atomic E-state index is -3.55. The molecule has 0 amide bonds. The van der Waals surface area contributed by atoms with Gasteiger partial charge in [0.15, 0.2) is 0 Å². The normalized spacial score (nSPS) is 18.7. The molecule has 0 spiro atoms. The van der Waals surface area contributed by atoms with Gasteiger partial charge in [-0.05, 0) is 49.3 Å². The van der Waals surface area contributed by atoms with E-state index in [0.29, 0.717) is 14.6 Å². The lowest BCUT2D eigenvalue weighted by atomic mass is 9.95. The topological polar surface area (TPSA) is 66.4 Å². The first-order valence-corrected chi connectivity index (χ1v) is 9.98. The number of sulfonamides is 1. The third-order valence-electron chi connectivity index (χ3n) is 3.72. The summed E-state index contributed by atoms with van der Waals surface area (Å²) in [5.74, 6) is 0. The lowest BCUT2D eigenvalue weighted by molar-refractivity contribution is 0.285. The van der Waals surface area contributed by atoms with Crippen LogP contribution in [0, 0.1) is 6.92 Å². The van der Waals surface area contributed by atoms with E-state index in [2.05, 4.69) is 4.72 Å². The summed E-state index contributed by atoms with van der Waals surface area (Å²) in [6.07, 6.45) is 2.88. The Bertz CT molecular complexity index is 745. The molecule has 0 bridgehead atoms. The zero-order valence-corrected chi connectivity index (χ0v) is 14.1. The molecule has 1 aliphatic carbocycles. The highest BCUT2D eigenvalue weighted by atomic mass is 32.2. The van der Waals surface area contributed by atoms with Crippen molar-refractivity contribution in [2.24, 2.45) is 0 Å². The molecule has 0 radical (unpaired) electrons. The van der Waals surface area contributed by atoms with E-state index in [9.17, 15) is 8.42 Å². The first kappa shape index (κ1) is 15.2. The fraction of sp³-hybridized carbons (Fsp3) is 0.429. The van der Waals surface area contributed by atoms with E-state index in [1.165, 1.54) is 16.2 Å². The van der Waals surface area contributed by atoms with Gasteiger partial charge in [-0.25, -0.2) is 13.1 Å². The molecule has 4 nitrogen and oxygen atoms in total. The highest BCUT2D eigenvalue weighted by Gasteiger charge is 2.28. The van der Waals surface area contributed by atoms with Gasteiger partial charge in [0.1, 0.15) is 0 Å².